The summed E-state index contributed by atoms with van der Waals surface area (Å²) in [5.41, 5.74) is 0.202. The molecular formula is C24H31ClN5O6P. The van der Waals surface area contributed by atoms with E-state index in [4.69, 9.17) is 34.9 Å². The van der Waals surface area contributed by atoms with E-state index in [1.54, 1.807) is 44.4 Å². The summed E-state index contributed by atoms with van der Waals surface area (Å²) in [6, 6.07) is 6.91. The van der Waals surface area contributed by atoms with Crippen LogP contribution < -0.4 is 14.3 Å². The molecule has 0 radical (unpaired) electrons. The highest BCUT2D eigenvalue weighted by molar-refractivity contribution is 7.45. The highest BCUT2D eigenvalue weighted by Gasteiger charge is 2.37. The van der Waals surface area contributed by atoms with E-state index in [1.165, 1.54) is 13.4 Å². The molecule has 1 aromatic carbocycles. The molecule has 4 rings (SSSR count). The maximum absolute atomic E-state index is 12.3. The number of methoxy groups -OCH3 is 1. The second kappa shape index (κ2) is 11.9. The summed E-state index contributed by atoms with van der Waals surface area (Å²) in [5, 5.41) is 3.72. The number of benzene rings is 1. The predicted octanol–water partition coefficient (Wildman–Crippen LogP) is 4.67. The Bertz CT molecular complexity index is 1210. The Morgan fingerprint density at radius 3 is 2.73 bits per heavy atom. The molecule has 200 valence electrons. The highest BCUT2D eigenvalue weighted by Crippen LogP contribution is 2.41. The number of imidazole rings is 1. The predicted molar refractivity (Wildman–Crippen MR) is 138 cm³/mol. The van der Waals surface area contributed by atoms with Crippen molar-refractivity contribution in [3.05, 3.63) is 41.9 Å². The molecule has 2 aromatic heterocycles. The first-order chi connectivity index (χ1) is 17.7. The number of aromatic nitrogens is 4. The molecule has 11 nitrogen and oxygen atoms in total. The average Bonchev–Trinajstić information content (AvgIpc) is 3.46. The summed E-state index contributed by atoms with van der Waals surface area (Å²) in [5.74, 6) is 0.729. The van der Waals surface area contributed by atoms with Crippen LogP contribution in [-0.2, 0) is 18.8 Å². The fourth-order valence-electron chi connectivity index (χ4n) is 3.98. The van der Waals surface area contributed by atoms with Crippen LogP contribution in [0.5, 0.6) is 11.6 Å². The fraction of sp³-hybridized carbons (Fsp3) is 0.500. The van der Waals surface area contributed by atoms with Gasteiger partial charge in [0, 0.05) is 10.9 Å². The summed E-state index contributed by atoms with van der Waals surface area (Å²) in [4.78, 5) is 25.3. The van der Waals surface area contributed by atoms with Gasteiger partial charge in [-0.25, -0.2) is 15.1 Å². The maximum Gasteiger partial charge on any atom is 0.325 e. The third-order valence-electron chi connectivity index (χ3n) is 5.78. The van der Waals surface area contributed by atoms with Gasteiger partial charge in [0.15, 0.2) is 11.2 Å². The summed E-state index contributed by atoms with van der Waals surface area (Å²) in [6.45, 7) is 8.13. The largest absolute Gasteiger partial charge is 0.476 e. The lowest BCUT2D eigenvalue weighted by Gasteiger charge is -2.28. The van der Waals surface area contributed by atoms with Crippen molar-refractivity contribution in [2.75, 3.05) is 20.3 Å². The smallest absolute Gasteiger partial charge is 0.325 e. The van der Waals surface area contributed by atoms with Crippen LogP contribution in [-0.4, -0.2) is 57.5 Å². The molecule has 1 saturated heterocycles. The molecule has 1 N–H and O–H groups in total. The Morgan fingerprint density at radius 2 is 2.03 bits per heavy atom. The molecule has 1 fully saturated rings. The van der Waals surface area contributed by atoms with E-state index in [2.05, 4.69) is 27.0 Å². The lowest BCUT2D eigenvalue weighted by molar-refractivity contribution is -0.146. The van der Waals surface area contributed by atoms with Crippen LogP contribution in [0, 0.1) is 5.92 Å². The topological polar surface area (TPSA) is 119 Å². The Hall–Kier alpha value is -2.56. The molecule has 1 aliphatic rings. The first kappa shape index (κ1) is 27.5. The Kier molecular flexibility index (Phi) is 8.82. The van der Waals surface area contributed by atoms with Crippen LogP contribution in [0.4, 0.5) is 0 Å². The van der Waals surface area contributed by atoms with Crippen molar-refractivity contribution in [1.82, 2.24) is 24.6 Å². The quantitative estimate of drug-likeness (QED) is 0.266. The zero-order chi connectivity index (χ0) is 26.6. The lowest BCUT2D eigenvalue weighted by Crippen LogP contribution is -2.45. The van der Waals surface area contributed by atoms with Crippen molar-refractivity contribution in [2.24, 2.45) is 5.92 Å². The molecule has 1 aliphatic heterocycles. The number of carbonyl (C=O) groups excluding carboxylic acids is 1. The van der Waals surface area contributed by atoms with Crippen LogP contribution in [0.15, 0.2) is 36.9 Å². The van der Waals surface area contributed by atoms with E-state index >= 15 is 0 Å². The molecule has 0 bridgehead atoms. The second-order valence-electron chi connectivity index (χ2n) is 9.12. The first-order valence-electron chi connectivity index (χ1n) is 11.9. The zero-order valence-electron chi connectivity index (χ0n) is 21.4. The molecule has 0 aliphatic carbocycles. The van der Waals surface area contributed by atoms with Gasteiger partial charge in [-0.3, -0.25) is 9.36 Å². The van der Waals surface area contributed by atoms with Gasteiger partial charge in [-0.15, -0.1) is 0 Å². The number of halogens is 1. The highest BCUT2D eigenvalue weighted by atomic mass is 35.5. The number of nitrogens with one attached hydrogen (secondary N) is 1. The SMILES string of the molecule is CCOc1ncnc2c1ncn2C1OC(COP(NC(C)(C)C(=O)OC)Oc2ccc(Cl)cc2)CC1C. The van der Waals surface area contributed by atoms with Crippen LogP contribution in [0.25, 0.3) is 11.2 Å². The monoisotopic (exact) mass is 551 g/mol. The number of ether oxygens (including phenoxy) is 3. The minimum absolute atomic E-state index is 0.166. The van der Waals surface area contributed by atoms with Crippen molar-refractivity contribution in [3.63, 3.8) is 0 Å². The molecule has 4 unspecified atom stereocenters. The van der Waals surface area contributed by atoms with Crippen LogP contribution >= 0.6 is 20.1 Å². The number of fused-ring (bicyclic) bond motifs is 1. The van der Waals surface area contributed by atoms with Crippen molar-refractivity contribution < 1.29 is 28.1 Å². The number of nitrogens with zero attached hydrogens (tertiary/aromatic N) is 4. The van der Waals surface area contributed by atoms with E-state index in [0.29, 0.717) is 34.4 Å². The van der Waals surface area contributed by atoms with E-state index in [1.807, 2.05) is 11.5 Å². The molecule has 3 aromatic rings. The van der Waals surface area contributed by atoms with Crippen molar-refractivity contribution >= 4 is 37.3 Å². The third-order valence-corrected chi connectivity index (χ3v) is 7.53. The zero-order valence-corrected chi connectivity index (χ0v) is 23.0. The van der Waals surface area contributed by atoms with Gasteiger partial charge in [0.05, 0.1) is 32.8 Å². The van der Waals surface area contributed by atoms with Crippen molar-refractivity contribution in [3.8, 4) is 11.6 Å². The molecule has 13 heteroatoms. The molecule has 0 saturated carbocycles. The summed E-state index contributed by atoms with van der Waals surface area (Å²) in [6.07, 6.45) is 3.40. The van der Waals surface area contributed by atoms with E-state index in [-0.39, 0.29) is 24.9 Å². The maximum atomic E-state index is 12.3. The molecule has 3 heterocycles. The van der Waals surface area contributed by atoms with Crippen molar-refractivity contribution in [2.45, 2.75) is 52.0 Å². The lowest BCUT2D eigenvalue weighted by atomic mass is 10.1. The van der Waals surface area contributed by atoms with Gasteiger partial charge >= 0.3 is 14.5 Å². The Morgan fingerprint density at radius 1 is 1.27 bits per heavy atom. The van der Waals surface area contributed by atoms with Gasteiger partial charge in [-0.1, -0.05) is 18.5 Å². The molecule has 4 atom stereocenters. The Balaban J connectivity index is 1.45. The molecule has 37 heavy (non-hydrogen) atoms. The van der Waals surface area contributed by atoms with Crippen LogP contribution in [0.2, 0.25) is 5.02 Å². The van der Waals surface area contributed by atoms with E-state index in [0.717, 1.165) is 6.42 Å². The number of hydrogen-bond donors (Lipinski definition) is 1. The number of carbonyl (C=O) groups is 1. The van der Waals surface area contributed by atoms with Crippen molar-refractivity contribution in [1.29, 1.82) is 0 Å². The van der Waals surface area contributed by atoms with Gasteiger partial charge in [0.2, 0.25) is 5.88 Å². The summed E-state index contributed by atoms with van der Waals surface area (Å²) >= 11 is 6.00. The minimum atomic E-state index is -1.73. The molecule has 0 spiro atoms. The van der Waals surface area contributed by atoms with Crippen LogP contribution in [0.3, 0.4) is 0 Å². The van der Waals surface area contributed by atoms with E-state index < -0.39 is 20.0 Å². The molecule has 0 amide bonds. The average molecular weight is 552 g/mol. The molecular weight excluding hydrogens is 521 g/mol. The van der Waals surface area contributed by atoms with Gasteiger partial charge in [-0.05, 0) is 51.5 Å². The fourth-order valence-corrected chi connectivity index (χ4v) is 5.43. The third kappa shape index (κ3) is 6.48. The van der Waals surface area contributed by atoms with Gasteiger partial charge in [0.1, 0.15) is 23.8 Å². The van der Waals surface area contributed by atoms with Gasteiger partial charge < -0.3 is 23.3 Å². The standard InChI is InChI=1S/C24H31ClN5O6P/c1-6-33-21-19-20(26-13-27-21)30(14-28-19)22-15(2)11-18(35-22)12-34-37(29-24(3,4)23(31)32-5)36-17-9-7-16(25)8-10-17/h7-10,13-15,18,22,29H,6,11-12H2,1-5H3. The summed E-state index contributed by atoms with van der Waals surface area (Å²) < 4.78 is 30.9. The first-order valence-corrected chi connectivity index (χ1v) is 13.5. The second-order valence-corrected chi connectivity index (χ2v) is 10.7. The van der Waals surface area contributed by atoms with Gasteiger partial charge in [0.25, 0.3) is 0 Å². The number of rotatable bonds is 11. The van der Waals surface area contributed by atoms with Crippen LogP contribution in [0.1, 0.15) is 40.3 Å². The Labute approximate surface area is 221 Å². The van der Waals surface area contributed by atoms with E-state index in [9.17, 15) is 4.79 Å². The van der Waals surface area contributed by atoms with Gasteiger partial charge in [-0.2, -0.15) is 4.98 Å². The minimum Gasteiger partial charge on any atom is -0.476 e. The summed E-state index contributed by atoms with van der Waals surface area (Å²) in [7, 11) is -0.391. The number of esters is 1. The number of hydrogen-bond acceptors (Lipinski definition) is 10. The normalized spacial score (nSPS) is 20.6.